The van der Waals surface area contributed by atoms with Gasteiger partial charge in [-0.05, 0) is 24.1 Å². The Morgan fingerprint density at radius 2 is 2.23 bits per heavy atom. The van der Waals surface area contributed by atoms with Crippen LogP contribution >= 0.6 is 0 Å². The first kappa shape index (κ1) is 8.21. The van der Waals surface area contributed by atoms with Crippen LogP contribution in [0.1, 0.15) is 23.5 Å². The normalized spacial score (nSPS) is 25.3. The molecule has 1 aromatic rings. The molecule has 2 atom stereocenters. The predicted octanol–water partition coefficient (Wildman–Crippen LogP) is 1.51. The summed E-state index contributed by atoms with van der Waals surface area (Å²) in [5.41, 5.74) is 6.74. The first-order valence-corrected chi connectivity index (χ1v) is 4.17. The third kappa shape index (κ3) is 1.41. The quantitative estimate of drug-likeness (QED) is 0.705. The van der Waals surface area contributed by atoms with Gasteiger partial charge in [0.15, 0.2) is 0 Å². The molecule has 0 aliphatic heterocycles. The van der Waals surface area contributed by atoms with Crippen LogP contribution in [0, 0.1) is 17.1 Å². The molecule has 1 aliphatic rings. The number of nitriles is 1. The molecule has 2 N–H and O–H groups in total. The molecular weight excluding hydrogens is 167 g/mol. The van der Waals surface area contributed by atoms with Crippen molar-refractivity contribution in [1.82, 2.24) is 0 Å². The van der Waals surface area contributed by atoms with Gasteiger partial charge in [-0.1, -0.05) is 6.07 Å². The second-order valence-electron chi connectivity index (χ2n) is 3.36. The van der Waals surface area contributed by atoms with Crippen molar-refractivity contribution in [3.63, 3.8) is 0 Å². The van der Waals surface area contributed by atoms with Crippen molar-refractivity contribution in [3.8, 4) is 6.07 Å². The Bertz CT molecular complexity index is 381. The molecule has 0 bridgehead atoms. The molecule has 2 nitrogen and oxygen atoms in total. The monoisotopic (exact) mass is 176 g/mol. The van der Waals surface area contributed by atoms with Crippen LogP contribution in [0.25, 0.3) is 0 Å². The molecule has 0 amide bonds. The van der Waals surface area contributed by atoms with Crippen LogP contribution in [0.3, 0.4) is 0 Å². The van der Waals surface area contributed by atoms with E-state index in [2.05, 4.69) is 0 Å². The summed E-state index contributed by atoms with van der Waals surface area (Å²) in [6.45, 7) is 0. The molecule has 1 aromatic carbocycles. The smallest absolute Gasteiger partial charge is 0.140 e. The van der Waals surface area contributed by atoms with E-state index in [0.717, 1.165) is 12.0 Å². The lowest BCUT2D eigenvalue weighted by molar-refractivity contribution is 0.623. The summed E-state index contributed by atoms with van der Waals surface area (Å²) in [6, 6.07) is 6.63. The minimum absolute atomic E-state index is 0.108. The number of nitrogens with zero attached hydrogens (tertiary/aromatic N) is 1. The third-order valence-electron chi connectivity index (χ3n) is 2.38. The molecule has 2 rings (SSSR count). The van der Waals surface area contributed by atoms with Gasteiger partial charge in [-0.15, -0.1) is 0 Å². The van der Waals surface area contributed by atoms with Gasteiger partial charge >= 0.3 is 0 Å². The molecule has 1 saturated carbocycles. The summed E-state index contributed by atoms with van der Waals surface area (Å²) < 4.78 is 12.9. The van der Waals surface area contributed by atoms with Crippen molar-refractivity contribution in [1.29, 1.82) is 5.26 Å². The van der Waals surface area contributed by atoms with Crippen LogP contribution in [0.4, 0.5) is 4.39 Å². The van der Waals surface area contributed by atoms with E-state index in [1.54, 1.807) is 12.1 Å². The van der Waals surface area contributed by atoms with Gasteiger partial charge < -0.3 is 5.73 Å². The summed E-state index contributed by atoms with van der Waals surface area (Å²) >= 11 is 0. The zero-order chi connectivity index (χ0) is 9.42. The minimum Gasteiger partial charge on any atom is -0.327 e. The molecule has 0 radical (unpaired) electrons. The fourth-order valence-electron chi connectivity index (χ4n) is 1.46. The van der Waals surface area contributed by atoms with Crippen LogP contribution in [-0.2, 0) is 0 Å². The summed E-state index contributed by atoms with van der Waals surface area (Å²) in [5.74, 6) is -0.131. The Balaban J connectivity index is 2.35. The maximum absolute atomic E-state index is 12.9. The SMILES string of the molecule is N#Cc1cc([C@@H]2C[C@H]2N)ccc1F. The van der Waals surface area contributed by atoms with Crippen LogP contribution in [0.5, 0.6) is 0 Å². The second-order valence-corrected chi connectivity index (χ2v) is 3.36. The first-order chi connectivity index (χ1) is 6.22. The van der Waals surface area contributed by atoms with E-state index in [9.17, 15) is 4.39 Å². The van der Waals surface area contributed by atoms with Crippen molar-refractivity contribution in [2.24, 2.45) is 5.73 Å². The van der Waals surface area contributed by atoms with Crippen LogP contribution in [-0.4, -0.2) is 6.04 Å². The molecule has 13 heavy (non-hydrogen) atoms. The number of hydrogen-bond acceptors (Lipinski definition) is 2. The molecular formula is C10H9FN2. The van der Waals surface area contributed by atoms with Gasteiger partial charge in [-0.2, -0.15) is 5.26 Å². The van der Waals surface area contributed by atoms with E-state index in [1.165, 1.54) is 6.07 Å². The molecule has 3 heteroatoms. The van der Waals surface area contributed by atoms with E-state index in [0.29, 0.717) is 5.92 Å². The van der Waals surface area contributed by atoms with Gasteiger partial charge in [0.1, 0.15) is 11.9 Å². The summed E-state index contributed by atoms with van der Waals surface area (Å²) in [6.07, 6.45) is 0.941. The highest BCUT2D eigenvalue weighted by Gasteiger charge is 2.34. The number of hydrogen-bond donors (Lipinski definition) is 1. The Morgan fingerprint density at radius 1 is 1.54 bits per heavy atom. The second kappa shape index (κ2) is 2.82. The summed E-state index contributed by atoms with van der Waals surface area (Å²) in [4.78, 5) is 0. The molecule has 0 unspecified atom stereocenters. The summed E-state index contributed by atoms with van der Waals surface area (Å²) in [5, 5.41) is 8.59. The van der Waals surface area contributed by atoms with Gasteiger partial charge in [0.2, 0.25) is 0 Å². The van der Waals surface area contributed by atoms with Gasteiger partial charge in [0, 0.05) is 12.0 Å². The Morgan fingerprint density at radius 3 is 2.77 bits per heavy atom. The number of nitrogens with two attached hydrogens (primary N) is 1. The van der Waals surface area contributed by atoms with Crippen molar-refractivity contribution in [3.05, 3.63) is 35.1 Å². The van der Waals surface area contributed by atoms with Crippen molar-refractivity contribution >= 4 is 0 Å². The average molecular weight is 176 g/mol. The standard InChI is InChI=1S/C10H9FN2/c11-9-2-1-6(3-7(9)5-12)8-4-10(8)13/h1-3,8,10H,4,13H2/t8-,10+/m0/s1. The van der Waals surface area contributed by atoms with Crippen molar-refractivity contribution < 1.29 is 4.39 Å². The minimum atomic E-state index is -0.458. The molecule has 0 saturated heterocycles. The highest BCUT2D eigenvalue weighted by molar-refractivity contribution is 5.38. The highest BCUT2D eigenvalue weighted by Crippen LogP contribution is 2.39. The number of rotatable bonds is 1. The average Bonchev–Trinajstić information content (AvgIpc) is 2.84. The van der Waals surface area contributed by atoms with Gasteiger partial charge in [-0.3, -0.25) is 0 Å². The topological polar surface area (TPSA) is 49.8 Å². The zero-order valence-corrected chi connectivity index (χ0v) is 7.00. The lowest BCUT2D eigenvalue weighted by Crippen LogP contribution is -2.01. The maximum Gasteiger partial charge on any atom is 0.140 e. The Kier molecular flexibility index (Phi) is 1.78. The molecule has 1 fully saturated rings. The van der Waals surface area contributed by atoms with Crippen molar-refractivity contribution in [2.45, 2.75) is 18.4 Å². The van der Waals surface area contributed by atoms with Crippen molar-refractivity contribution in [2.75, 3.05) is 0 Å². The molecule has 0 heterocycles. The molecule has 0 spiro atoms. The third-order valence-corrected chi connectivity index (χ3v) is 2.38. The molecule has 1 aliphatic carbocycles. The first-order valence-electron chi connectivity index (χ1n) is 4.17. The van der Waals surface area contributed by atoms with Gasteiger partial charge in [0.25, 0.3) is 0 Å². The highest BCUT2D eigenvalue weighted by atomic mass is 19.1. The lowest BCUT2D eigenvalue weighted by Gasteiger charge is -1.99. The van der Waals surface area contributed by atoms with E-state index in [-0.39, 0.29) is 11.6 Å². The largest absolute Gasteiger partial charge is 0.327 e. The molecule has 66 valence electrons. The van der Waals surface area contributed by atoms with E-state index in [4.69, 9.17) is 11.0 Å². The van der Waals surface area contributed by atoms with Gasteiger partial charge in [-0.25, -0.2) is 4.39 Å². The van der Waals surface area contributed by atoms with Crippen LogP contribution in [0.2, 0.25) is 0 Å². The van der Waals surface area contributed by atoms with Crippen LogP contribution < -0.4 is 5.73 Å². The van der Waals surface area contributed by atoms with Gasteiger partial charge in [0.05, 0.1) is 5.56 Å². The fraction of sp³-hybridized carbons (Fsp3) is 0.300. The molecule has 0 aromatic heterocycles. The fourth-order valence-corrected chi connectivity index (χ4v) is 1.46. The lowest BCUT2D eigenvalue weighted by atomic mass is 10.1. The zero-order valence-electron chi connectivity index (χ0n) is 7.00. The van der Waals surface area contributed by atoms with E-state index >= 15 is 0 Å². The maximum atomic E-state index is 12.9. The number of benzene rings is 1. The number of halogens is 1. The predicted molar refractivity (Wildman–Crippen MR) is 46.4 cm³/mol. The Hall–Kier alpha value is -1.40. The summed E-state index contributed by atoms with van der Waals surface area (Å²) in [7, 11) is 0. The Labute approximate surface area is 75.8 Å². The van der Waals surface area contributed by atoms with Crippen LogP contribution in [0.15, 0.2) is 18.2 Å². The van der Waals surface area contributed by atoms with E-state index in [1.807, 2.05) is 6.07 Å². The van der Waals surface area contributed by atoms with E-state index < -0.39 is 5.82 Å².